The fourth-order valence-electron chi connectivity index (χ4n) is 8.67. The fourth-order valence-corrected chi connectivity index (χ4v) is 34.8. The van der Waals surface area contributed by atoms with Gasteiger partial charge in [-0.15, -0.1) is 0 Å². The first-order valence-electron chi connectivity index (χ1n) is 17.8. The number of hydrogen-bond donors (Lipinski definition) is 0. The van der Waals surface area contributed by atoms with Crippen molar-refractivity contribution in [3.63, 3.8) is 0 Å². The van der Waals surface area contributed by atoms with Crippen LogP contribution in [0.4, 0.5) is 0 Å². The van der Waals surface area contributed by atoms with Gasteiger partial charge in [-0.05, 0) is 0 Å². The molecule has 0 spiro atoms. The van der Waals surface area contributed by atoms with Crippen molar-refractivity contribution in [2.24, 2.45) is 0 Å². The van der Waals surface area contributed by atoms with E-state index in [0.717, 1.165) is 0 Å². The average molecular weight is 732 g/mol. The van der Waals surface area contributed by atoms with Crippen molar-refractivity contribution < 1.29 is 18.0 Å². The van der Waals surface area contributed by atoms with Gasteiger partial charge < -0.3 is 0 Å². The quantitative estimate of drug-likeness (QED) is 0.157. The third-order valence-corrected chi connectivity index (χ3v) is 36.8. The summed E-state index contributed by atoms with van der Waals surface area (Å²) in [7, 11) is -4.86. The van der Waals surface area contributed by atoms with Crippen molar-refractivity contribution >= 4 is 35.3 Å². The summed E-state index contributed by atoms with van der Waals surface area (Å²) in [6.45, 7) is 36.1. The number of hydrogen-bond acceptors (Lipinski definition) is 4. The van der Waals surface area contributed by atoms with Gasteiger partial charge in [-0.1, -0.05) is 0 Å². The Balaban J connectivity index is 2.80. The molecule has 0 amide bonds. The number of rotatable bonds is 15. The Morgan fingerprint density at radius 1 is 0.810 bits per heavy atom. The average Bonchev–Trinajstić information content (AvgIpc) is 2.89. The molecule has 2 aliphatic rings. The third kappa shape index (κ3) is 7.95. The zero-order valence-electron chi connectivity index (χ0n) is 30.7. The van der Waals surface area contributed by atoms with Gasteiger partial charge >= 0.3 is 270 Å². The molecule has 7 heteroatoms. The molecule has 248 valence electrons. The maximum absolute atomic E-state index is 7.75. The van der Waals surface area contributed by atoms with Crippen molar-refractivity contribution in [1.82, 2.24) is 0 Å². The standard InChI is InChI=1S/C23H45O4Si2.3C4H9.Sn/c1-16(2)28(17(3)4,18(5)6)26-19-13-14-24-20-15-25-29(22(7,8)9,23(10,11)12)27-21(19)20;3*1-3-4-2;/h13,16-21H,15H2,1-12H3;3*1,3-4H2,2H3;/t19-,20-,21+;;;;/m1..../s1. The molecule has 42 heavy (non-hydrogen) atoms. The molecule has 0 aromatic carbocycles. The van der Waals surface area contributed by atoms with E-state index in [0.29, 0.717) is 23.2 Å². The molecule has 0 aromatic heterocycles. The molecule has 0 saturated carbocycles. The van der Waals surface area contributed by atoms with Crippen LogP contribution in [0.15, 0.2) is 9.85 Å². The Kier molecular flexibility index (Phi) is 14.3. The van der Waals surface area contributed by atoms with Gasteiger partial charge in [0, 0.05) is 0 Å². The van der Waals surface area contributed by atoms with Crippen molar-refractivity contribution in [1.29, 1.82) is 0 Å². The summed E-state index contributed by atoms with van der Waals surface area (Å²) < 4.78 is 35.1. The van der Waals surface area contributed by atoms with E-state index >= 15 is 0 Å². The molecular weight excluding hydrogens is 659 g/mol. The third-order valence-electron chi connectivity index (χ3n) is 10.6. The predicted molar refractivity (Wildman–Crippen MR) is 190 cm³/mol. The second-order valence-electron chi connectivity index (χ2n) is 16.7. The minimum absolute atomic E-state index is 0.0564. The Labute approximate surface area is 269 Å². The van der Waals surface area contributed by atoms with E-state index in [1.54, 1.807) is 0 Å². The normalized spacial score (nSPS) is 23.8. The van der Waals surface area contributed by atoms with Gasteiger partial charge in [-0.25, -0.2) is 0 Å². The second-order valence-corrected chi connectivity index (χ2v) is 39.8. The van der Waals surface area contributed by atoms with Gasteiger partial charge in [-0.2, -0.15) is 0 Å². The first kappa shape index (κ1) is 38.8. The van der Waals surface area contributed by atoms with Crippen LogP contribution in [-0.4, -0.2) is 60.2 Å². The first-order chi connectivity index (χ1) is 19.4. The summed E-state index contributed by atoms with van der Waals surface area (Å²) in [5.74, 6) is 0. The molecule has 4 nitrogen and oxygen atoms in total. The molecule has 0 aromatic rings. The van der Waals surface area contributed by atoms with Crippen molar-refractivity contribution in [2.45, 2.75) is 201 Å². The van der Waals surface area contributed by atoms with E-state index in [4.69, 9.17) is 18.0 Å². The predicted octanol–water partition coefficient (Wildman–Crippen LogP) is 11.7. The van der Waals surface area contributed by atoms with E-state index in [2.05, 4.69) is 110 Å². The van der Waals surface area contributed by atoms with Crippen LogP contribution in [0.1, 0.15) is 142 Å². The first-order valence-corrected chi connectivity index (χ1v) is 29.2. The molecular formula is C35H72O4Si2Sn. The maximum atomic E-state index is 7.75. The van der Waals surface area contributed by atoms with Crippen LogP contribution in [0.5, 0.6) is 0 Å². The summed E-state index contributed by atoms with van der Waals surface area (Å²) in [6, 6.07) is 0. The SMILES string of the molecule is CCC[CH2][Sn]([CH2]CCC)([CH2]CCC)[C]1=C[C@@H](O[Si](C(C)C)(C(C)C)C(C)C)[C@@H]2O[Si](C(C)(C)C)(C(C)(C)C)OC[C@H]2O1. The van der Waals surface area contributed by atoms with Crippen LogP contribution in [0.3, 0.4) is 0 Å². The molecule has 2 aliphatic heterocycles. The summed E-state index contributed by atoms with van der Waals surface area (Å²) in [5, 5.41) is -0.139. The van der Waals surface area contributed by atoms with Gasteiger partial charge in [0.25, 0.3) is 0 Å². The van der Waals surface area contributed by atoms with Crippen LogP contribution in [-0.2, 0) is 18.0 Å². The van der Waals surface area contributed by atoms with Gasteiger partial charge in [0.1, 0.15) is 0 Å². The van der Waals surface area contributed by atoms with E-state index in [1.807, 2.05) is 0 Å². The minimum atomic E-state index is -2.85. The second kappa shape index (κ2) is 15.5. The van der Waals surface area contributed by atoms with Crippen molar-refractivity contribution in [3.8, 4) is 0 Å². The number of ether oxygens (including phenoxy) is 1. The van der Waals surface area contributed by atoms with Gasteiger partial charge in [-0.3, -0.25) is 0 Å². The zero-order valence-corrected chi connectivity index (χ0v) is 35.6. The van der Waals surface area contributed by atoms with E-state index in [9.17, 15) is 0 Å². The van der Waals surface area contributed by atoms with Gasteiger partial charge in [0.2, 0.25) is 0 Å². The van der Waals surface area contributed by atoms with Crippen LogP contribution >= 0.6 is 0 Å². The van der Waals surface area contributed by atoms with E-state index in [-0.39, 0.29) is 28.4 Å². The Hall–Kier alpha value is 0.652. The molecule has 0 N–H and O–H groups in total. The summed E-state index contributed by atoms with van der Waals surface area (Å²) in [4.78, 5) is 0. The fraction of sp³-hybridized carbons (Fsp3) is 0.943. The van der Waals surface area contributed by atoms with Crippen LogP contribution in [0, 0.1) is 0 Å². The van der Waals surface area contributed by atoms with Crippen molar-refractivity contribution in [3.05, 3.63) is 9.85 Å². The molecule has 3 atom stereocenters. The molecule has 0 radical (unpaired) electrons. The summed E-state index contributed by atoms with van der Waals surface area (Å²) in [6.07, 6.45) is 10.1. The Morgan fingerprint density at radius 2 is 1.24 bits per heavy atom. The van der Waals surface area contributed by atoms with E-state index in [1.165, 1.54) is 55.6 Å². The van der Waals surface area contributed by atoms with Crippen LogP contribution < -0.4 is 0 Å². The Morgan fingerprint density at radius 3 is 1.60 bits per heavy atom. The summed E-state index contributed by atoms with van der Waals surface area (Å²) in [5.41, 5.74) is 1.57. The van der Waals surface area contributed by atoms with Crippen molar-refractivity contribution in [2.75, 3.05) is 6.61 Å². The van der Waals surface area contributed by atoms with Gasteiger partial charge in [0.15, 0.2) is 0 Å². The molecule has 0 unspecified atom stereocenters. The molecule has 1 fully saturated rings. The summed E-state index contributed by atoms with van der Waals surface area (Å²) >= 11 is -2.85. The molecule has 0 aliphatic carbocycles. The van der Waals surface area contributed by atoms with Crippen LogP contribution in [0.2, 0.25) is 40.0 Å². The molecule has 2 rings (SSSR count). The molecule has 0 bridgehead atoms. The van der Waals surface area contributed by atoms with E-state index < -0.39 is 35.3 Å². The van der Waals surface area contributed by atoms with Crippen LogP contribution in [0.25, 0.3) is 0 Å². The zero-order chi connectivity index (χ0) is 32.1. The monoisotopic (exact) mass is 732 g/mol. The van der Waals surface area contributed by atoms with Gasteiger partial charge in [0.05, 0.1) is 0 Å². The topological polar surface area (TPSA) is 36.9 Å². The number of fused-ring (bicyclic) bond motifs is 1. The Bertz CT molecular complexity index is 800. The molecule has 2 heterocycles. The molecule has 1 saturated heterocycles. The number of unbranched alkanes of at least 4 members (excludes halogenated alkanes) is 3.